The molecule has 0 aliphatic rings. The number of alkyl halides is 3. The number of nitrogens with zero attached hydrogens (tertiary/aromatic N) is 1. The van der Waals surface area contributed by atoms with Gasteiger partial charge in [-0.1, -0.05) is 12.1 Å². The van der Waals surface area contributed by atoms with Crippen molar-refractivity contribution in [2.24, 2.45) is 0 Å². The molecule has 0 saturated heterocycles. The van der Waals surface area contributed by atoms with Gasteiger partial charge >= 0.3 is 6.18 Å². The van der Waals surface area contributed by atoms with E-state index in [-0.39, 0.29) is 17.9 Å². The van der Waals surface area contributed by atoms with Crippen LogP contribution in [0.2, 0.25) is 0 Å². The Balaban J connectivity index is 1.74. The number of hydrogen-bond donors (Lipinski definition) is 3. The van der Waals surface area contributed by atoms with E-state index >= 15 is 0 Å². The Kier molecular flexibility index (Phi) is 5.16. The lowest BCUT2D eigenvalue weighted by Crippen LogP contribution is -2.29. The standard InChI is InChI=1S/C19H14F3N3O3/c20-19(21,22)13-5-1-11(2-6-13)10-23-17(27)15-9-16(24-25-18(15)28)12-3-7-14(26)8-4-12/h1-9,26H,10H2,(H,23,27)(H,25,28). The van der Waals surface area contributed by atoms with E-state index in [2.05, 4.69) is 15.5 Å². The third kappa shape index (κ3) is 4.37. The molecule has 1 heterocycles. The summed E-state index contributed by atoms with van der Waals surface area (Å²) in [5.74, 6) is -0.633. The zero-order valence-corrected chi connectivity index (χ0v) is 14.2. The first-order valence-electron chi connectivity index (χ1n) is 8.07. The molecule has 3 rings (SSSR count). The van der Waals surface area contributed by atoms with Crippen LogP contribution in [0.5, 0.6) is 5.75 Å². The van der Waals surface area contributed by atoms with Gasteiger partial charge in [0.25, 0.3) is 11.5 Å². The van der Waals surface area contributed by atoms with Gasteiger partial charge in [-0.15, -0.1) is 0 Å². The molecule has 0 aliphatic heterocycles. The van der Waals surface area contributed by atoms with E-state index in [1.807, 2.05) is 0 Å². The van der Waals surface area contributed by atoms with Crippen LogP contribution in [0.3, 0.4) is 0 Å². The number of phenols is 1. The number of nitrogens with one attached hydrogen (secondary N) is 2. The highest BCUT2D eigenvalue weighted by molar-refractivity contribution is 5.94. The van der Waals surface area contributed by atoms with Crippen molar-refractivity contribution in [1.29, 1.82) is 0 Å². The summed E-state index contributed by atoms with van der Waals surface area (Å²) in [6, 6.07) is 11.7. The molecule has 0 bridgehead atoms. The minimum absolute atomic E-state index is 0.0483. The zero-order chi connectivity index (χ0) is 20.3. The summed E-state index contributed by atoms with van der Waals surface area (Å²) in [6.45, 7) is -0.0483. The smallest absolute Gasteiger partial charge is 0.416 e. The number of aromatic hydroxyl groups is 1. The molecule has 28 heavy (non-hydrogen) atoms. The largest absolute Gasteiger partial charge is 0.508 e. The van der Waals surface area contributed by atoms with E-state index in [1.165, 1.54) is 30.3 Å². The predicted molar refractivity (Wildman–Crippen MR) is 94.6 cm³/mol. The maximum atomic E-state index is 12.6. The normalized spacial score (nSPS) is 11.2. The van der Waals surface area contributed by atoms with E-state index in [1.54, 1.807) is 12.1 Å². The van der Waals surface area contributed by atoms with Crippen molar-refractivity contribution in [1.82, 2.24) is 15.5 Å². The predicted octanol–water partition coefficient (Wildman–Crippen LogP) is 3.09. The molecule has 0 spiro atoms. The van der Waals surface area contributed by atoms with Crippen LogP contribution in [0, 0.1) is 0 Å². The summed E-state index contributed by atoms with van der Waals surface area (Å²) in [5.41, 5.74) is -0.333. The number of aromatic amines is 1. The maximum absolute atomic E-state index is 12.6. The number of carbonyl (C=O) groups excluding carboxylic acids is 1. The first kappa shape index (κ1) is 19.2. The summed E-state index contributed by atoms with van der Waals surface area (Å²) in [7, 11) is 0. The fourth-order valence-corrected chi connectivity index (χ4v) is 2.44. The molecule has 144 valence electrons. The van der Waals surface area contributed by atoms with Gasteiger partial charge in [-0.05, 0) is 48.0 Å². The fourth-order valence-electron chi connectivity index (χ4n) is 2.44. The van der Waals surface area contributed by atoms with E-state index in [4.69, 9.17) is 0 Å². The number of H-pyrrole nitrogens is 1. The van der Waals surface area contributed by atoms with Gasteiger partial charge in [0.2, 0.25) is 0 Å². The zero-order valence-electron chi connectivity index (χ0n) is 14.2. The number of hydrogen-bond acceptors (Lipinski definition) is 4. The number of phenolic OH excluding ortho intramolecular Hbond substituents is 1. The van der Waals surface area contributed by atoms with Crippen LogP contribution in [0.15, 0.2) is 59.4 Å². The summed E-state index contributed by atoms with van der Waals surface area (Å²) in [5, 5.41) is 17.9. The summed E-state index contributed by atoms with van der Waals surface area (Å²) in [4.78, 5) is 24.2. The highest BCUT2D eigenvalue weighted by Crippen LogP contribution is 2.29. The topological polar surface area (TPSA) is 95.1 Å². The van der Waals surface area contributed by atoms with E-state index < -0.39 is 23.2 Å². The molecule has 9 heteroatoms. The summed E-state index contributed by atoms with van der Waals surface area (Å²) < 4.78 is 37.7. The number of carbonyl (C=O) groups is 1. The van der Waals surface area contributed by atoms with Gasteiger partial charge in [0.05, 0.1) is 11.3 Å². The SMILES string of the molecule is O=C(NCc1ccc(C(F)(F)F)cc1)c1cc(-c2ccc(O)cc2)n[nH]c1=O. The van der Waals surface area contributed by atoms with Gasteiger partial charge in [0.1, 0.15) is 11.3 Å². The maximum Gasteiger partial charge on any atom is 0.416 e. The lowest BCUT2D eigenvalue weighted by atomic mass is 10.1. The molecule has 0 fully saturated rings. The lowest BCUT2D eigenvalue weighted by Gasteiger charge is -2.09. The number of rotatable bonds is 4. The van der Waals surface area contributed by atoms with Crippen LogP contribution in [-0.2, 0) is 12.7 Å². The molecule has 0 aliphatic carbocycles. The average Bonchev–Trinajstić information content (AvgIpc) is 2.67. The molecule has 1 aromatic heterocycles. The third-order valence-corrected chi connectivity index (χ3v) is 3.95. The third-order valence-electron chi connectivity index (χ3n) is 3.95. The van der Waals surface area contributed by atoms with Crippen molar-refractivity contribution < 1.29 is 23.1 Å². The van der Waals surface area contributed by atoms with Gasteiger partial charge < -0.3 is 10.4 Å². The molecule has 0 unspecified atom stereocenters. The Morgan fingerprint density at radius 3 is 2.32 bits per heavy atom. The van der Waals surface area contributed by atoms with Crippen LogP contribution in [0.25, 0.3) is 11.3 Å². The number of amides is 1. The number of halogens is 3. The number of aromatic nitrogens is 2. The van der Waals surface area contributed by atoms with E-state index in [0.29, 0.717) is 16.8 Å². The number of benzene rings is 2. The second kappa shape index (κ2) is 7.55. The molecule has 1 amide bonds. The molecule has 2 aromatic carbocycles. The molecule has 3 N–H and O–H groups in total. The minimum Gasteiger partial charge on any atom is -0.508 e. The van der Waals surface area contributed by atoms with E-state index in [0.717, 1.165) is 12.1 Å². The Bertz CT molecular complexity index is 1040. The second-order valence-corrected chi connectivity index (χ2v) is 5.92. The van der Waals surface area contributed by atoms with Crippen molar-refractivity contribution in [3.05, 3.63) is 81.6 Å². The van der Waals surface area contributed by atoms with Gasteiger partial charge in [0, 0.05) is 12.1 Å². The van der Waals surface area contributed by atoms with Crippen molar-refractivity contribution in [2.75, 3.05) is 0 Å². The van der Waals surface area contributed by atoms with Crippen LogP contribution >= 0.6 is 0 Å². The van der Waals surface area contributed by atoms with Crippen LogP contribution in [0.1, 0.15) is 21.5 Å². The molecule has 6 nitrogen and oxygen atoms in total. The van der Waals surface area contributed by atoms with Crippen LogP contribution in [-0.4, -0.2) is 21.2 Å². The van der Waals surface area contributed by atoms with Gasteiger partial charge in [-0.3, -0.25) is 9.59 Å². The first-order valence-corrected chi connectivity index (χ1v) is 8.07. The second-order valence-electron chi connectivity index (χ2n) is 5.92. The quantitative estimate of drug-likeness (QED) is 0.639. The van der Waals surface area contributed by atoms with Crippen LogP contribution < -0.4 is 10.9 Å². The van der Waals surface area contributed by atoms with Gasteiger partial charge in [-0.25, -0.2) is 5.10 Å². The highest BCUT2D eigenvalue weighted by Gasteiger charge is 2.29. The lowest BCUT2D eigenvalue weighted by molar-refractivity contribution is -0.137. The van der Waals surface area contributed by atoms with Gasteiger partial charge in [0.15, 0.2) is 0 Å². The molecule has 0 radical (unpaired) electrons. The van der Waals surface area contributed by atoms with Crippen molar-refractivity contribution >= 4 is 5.91 Å². The van der Waals surface area contributed by atoms with Crippen LogP contribution in [0.4, 0.5) is 13.2 Å². The Morgan fingerprint density at radius 1 is 1.07 bits per heavy atom. The van der Waals surface area contributed by atoms with Crippen molar-refractivity contribution in [2.45, 2.75) is 12.7 Å². The van der Waals surface area contributed by atoms with Gasteiger partial charge in [-0.2, -0.15) is 18.3 Å². The molecular weight excluding hydrogens is 375 g/mol. The van der Waals surface area contributed by atoms with Crippen molar-refractivity contribution in [3.63, 3.8) is 0 Å². The summed E-state index contributed by atoms with van der Waals surface area (Å²) >= 11 is 0. The molecule has 0 saturated carbocycles. The molecule has 3 aromatic rings. The Morgan fingerprint density at radius 2 is 1.71 bits per heavy atom. The Labute approximate surface area is 156 Å². The summed E-state index contributed by atoms with van der Waals surface area (Å²) in [6.07, 6.45) is -4.43. The first-order chi connectivity index (χ1) is 13.2. The highest BCUT2D eigenvalue weighted by atomic mass is 19.4. The van der Waals surface area contributed by atoms with Crippen molar-refractivity contribution in [3.8, 4) is 17.0 Å². The minimum atomic E-state index is -4.43. The Hall–Kier alpha value is -3.62. The molecular formula is C19H14F3N3O3. The molecule has 0 atom stereocenters. The van der Waals surface area contributed by atoms with E-state index in [9.17, 15) is 27.9 Å². The average molecular weight is 389 g/mol. The monoisotopic (exact) mass is 389 g/mol. The fraction of sp³-hybridized carbons (Fsp3) is 0.105.